The molecule has 1 N–H and O–H groups in total. The Kier molecular flexibility index (Phi) is 3.96. The first-order chi connectivity index (χ1) is 6.59. The van der Waals surface area contributed by atoms with Gasteiger partial charge in [0.1, 0.15) is 6.23 Å². The van der Waals surface area contributed by atoms with E-state index in [1.165, 1.54) is 6.42 Å². The molecular formula is C12H25NO. The van der Waals surface area contributed by atoms with Gasteiger partial charge in [0.2, 0.25) is 0 Å². The number of rotatable bonds is 4. The zero-order chi connectivity index (χ0) is 10.8. The maximum atomic E-state index is 6.07. The fraction of sp³-hybridized carbons (Fsp3) is 1.00. The molecule has 0 spiro atoms. The second-order valence-electron chi connectivity index (χ2n) is 4.56. The first kappa shape index (κ1) is 12.0. The van der Waals surface area contributed by atoms with Gasteiger partial charge in [-0.25, -0.2) is 0 Å². The first-order valence-electron chi connectivity index (χ1n) is 6.03. The molecule has 1 aliphatic heterocycles. The molecule has 2 heteroatoms. The lowest BCUT2D eigenvalue weighted by Gasteiger charge is -2.35. The van der Waals surface area contributed by atoms with Crippen molar-refractivity contribution >= 4 is 0 Å². The van der Waals surface area contributed by atoms with Crippen LogP contribution < -0.4 is 5.32 Å². The Morgan fingerprint density at radius 1 is 1.29 bits per heavy atom. The van der Waals surface area contributed by atoms with Crippen LogP contribution in [-0.4, -0.2) is 17.9 Å². The van der Waals surface area contributed by atoms with Crippen molar-refractivity contribution in [2.75, 3.05) is 0 Å². The maximum Gasteiger partial charge on any atom is 0.106 e. The molecular weight excluding hydrogens is 174 g/mol. The lowest BCUT2D eigenvalue weighted by molar-refractivity contribution is -0.0523. The van der Waals surface area contributed by atoms with Crippen LogP contribution in [0.5, 0.6) is 0 Å². The van der Waals surface area contributed by atoms with Crippen LogP contribution in [0.25, 0.3) is 0 Å². The van der Waals surface area contributed by atoms with Crippen LogP contribution in [0, 0.1) is 5.92 Å². The molecule has 3 atom stereocenters. The van der Waals surface area contributed by atoms with Gasteiger partial charge in [0.05, 0.1) is 5.60 Å². The third kappa shape index (κ3) is 1.96. The highest BCUT2D eigenvalue weighted by molar-refractivity contribution is 4.99. The van der Waals surface area contributed by atoms with Gasteiger partial charge in [0.25, 0.3) is 0 Å². The van der Waals surface area contributed by atoms with Gasteiger partial charge in [-0.3, -0.25) is 5.32 Å². The summed E-state index contributed by atoms with van der Waals surface area (Å²) < 4.78 is 6.07. The van der Waals surface area contributed by atoms with Crippen LogP contribution >= 0.6 is 0 Å². The van der Waals surface area contributed by atoms with Gasteiger partial charge < -0.3 is 4.74 Å². The summed E-state index contributed by atoms with van der Waals surface area (Å²) in [6.07, 6.45) is 3.65. The van der Waals surface area contributed by atoms with Crippen LogP contribution in [0.3, 0.4) is 0 Å². The van der Waals surface area contributed by atoms with Gasteiger partial charge in [-0.2, -0.15) is 0 Å². The van der Waals surface area contributed by atoms with Gasteiger partial charge >= 0.3 is 0 Å². The summed E-state index contributed by atoms with van der Waals surface area (Å²) in [5.41, 5.74) is 0.0782. The molecule has 0 saturated carbocycles. The largest absolute Gasteiger partial charge is 0.356 e. The molecule has 1 unspecified atom stereocenters. The molecule has 1 rings (SSSR count). The van der Waals surface area contributed by atoms with Gasteiger partial charge in [-0.15, -0.1) is 0 Å². The van der Waals surface area contributed by atoms with E-state index in [0.29, 0.717) is 12.0 Å². The molecule has 0 aromatic heterocycles. The summed E-state index contributed by atoms with van der Waals surface area (Å²) in [7, 11) is 0. The normalized spacial score (nSPS) is 33.2. The van der Waals surface area contributed by atoms with E-state index in [2.05, 4.69) is 39.9 Å². The number of hydrogen-bond acceptors (Lipinski definition) is 2. The van der Waals surface area contributed by atoms with E-state index in [1.54, 1.807) is 0 Å². The van der Waals surface area contributed by atoms with Crippen molar-refractivity contribution in [3.63, 3.8) is 0 Å². The van der Waals surface area contributed by atoms with Crippen molar-refractivity contribution in [2.24, 2.45) is 5.92 Å². The number of ether oxygens (including phenoxy) is 1. The van der Waals surface area contributed by atoms with Crippen LogP contribution in [0.4, 0.5) is 0 Å². The minimum atomic E-state index is 0.0782. The zero-order valence-corrected chi connectivity index (χ0v) is 10.3. The molecule has 1 fully saturated rings. The lowest BCUT2D eigenvalue weighted by Crippen LogP contribution is -2.47. The molecule has 0 aromatic rings. The van der Waals surface area contributed by atoms with Crippen molar-refractivity contribution in [3.8, 4) is 0 Å². The zero-order valence-electron chi connectivity index (χ0n) is 10.3. The van der Waals surface area contributed by atoms with Crippen LogP contribution in [0.2, 0.25) is 0 Å². The third-order valence-corrected chi connectivity index (χ3v) is 3.80. The summed E-state index contributed by atoms with van der Waals surface area (Å²) in [6.45, 7) is 11.2. The molecule has 0 aromatic carbocycles. The average molecular weight is 199 g/mol. The van der Waals surface area contributed by atoms with Gasteiger partial charge in [0.15, 0.2) is 0 Å². The summed E-state index contributed by atoms with van der Waals surface area (Å²) in [5, 5.41) is 3.58. The monoisotopic (exact) mass is 199 g/mol. The highest BCUT2D eigenvalue weighted by Gasteiger charge is 2.46. The molecule has 0 amide bonds. The Labute approximate surface area is 88.4 Å². The fourth-order valence-corrected chi connectivity index (χ4v) is 2.64. The summed E-state index contributed by atoms with van der Waals surface area (Å²) in [4.78, 5) is 0. The van der Waals surface area contributed by atoms with Crippen molar-refractivity contribution in [1.29, 1.82) is 0 Å². The van der Waals surface area contributed by atoms with Crippen LogP contribution in [0.1, 0.15) is 53.9 Å². The van der Waals surface area contributed by atoms with Crippen LogP contribution in [-0.2, 0) is 4.74 Å². The molecule has 0 radical (unpaired) electrons. The van der Waals surface area contributed by atoms with Crippen molar-refractivity contribution in [3.05, 3.63) is 0 Å². The average Bonchev–Trinajstić information content (AvgIpc) is 2.55. The van der Waals surface area contributed by atoms with Crippen LogP contribution in [0.15, 0.2) is 0 Å². The summed E-state index contributed by atoms with van der Waals surface area (Å²) >= 11 is 0. The highest BCUT2D eigenvalue weighted by atomic mass is 16.5. The predicted octanol–water partition coefficient (Wildman–Crippen LogP) is 2.93. The quantitative estimate of drug-likeness (QED) is 0.751. The second kappa shape index (κ2) is 4.63. The van der Waals surface area contributed by atoms with E-state index < -0.39 is 0 Å². The summed E-state index contributed by atoms with van der Waals surface area (Å²) in [6, 6.07) is 0.525. The van der Waals surface area contributed by atoms with Gasteiger partial charge in [-0.05, 0) is 25.7 Å². The molecule has 1 heterocycles. The van der Waals surface area contributed by atoms with Crippen molar-refractivity contribution in [2.45, 2.75) is 71.8 Å². The van der Waals surface area contributed by atoms with Gasteiger partial charge in [0, 0.05) is 6.04 Å². The smallest absolute Gasteiger partial charge is 0.106 e. The van der Waals surface area contributed by atoms with E-state index >= 15 is 0 Å². The third-order valence-electron chi connectivity index (χ3n) is 3.80. The molecule has 0 aliphatic carbocycles. The molecule has 84 valence electrons. The lowest BCUT2D eigenvalue weighted by atomic mass is 9.81. The van der Waals surface area contributed by atoms with E-state index in [0.717, 1.165) is 12.8 Å². The Bertz CT molecular complexity index is 177. The molecule has 1 aliphatic rings. The Morgan fingerprint density at radius 2 is 1.86 bits per heavy atom. The van der Waals surface area contributed by atoms with E-state index in [4.69, 9.17) is 4.74 Å². The topological polar surface area (TPSA) is 21.3 Å². The Morgan fingerprint density at radius 3 is 2.29 bits per heavy atom. The highest BCUT2D eigenvalue weighted by Crippen LogP contribution is 2.36. The molecule has 0 bridgehead atoms. The minimum Gasteiger partial charge on any atom is -0.356 e. The molecule has 14 heavy (non-hydrogen) atoms. The SMILES string of the molecule is CCC(C)[C@@H]1N[C@@H](C)OC1(CC)CC. The van der Waals surface area contributed by atoms with E-state index in [9.17, 15) is 0 Å². The Hall–Kier alpha value is -0.0800. The molecule has 2 nitrogen and oxygen atoms in total. The molecule has 1 saturated heterocycles. The van der Waals surface area contributed by atoms with Gasteiger partial charge in [-0.1, -0.05) is 34.1 Å². The number of hydrogen-bond donors (Lipinski definition) is 1. The minimum absolute atomic E-state index is 0.0782. The predicted molar refractivity (Wildman–Crippen MR) is 60.2 cm³/mol. The first-order valence-corrected chi connectivity index (χ1v) is 6.03. The maximum absolute atomic E-state index is 6.07. The van der Waals surface area contributed by atoms with Crippen molar-refractivity contribution < 1.29 is 4.74 Å². The Balaban J connectivity index is 2.80. The number of nitrogens with one attached hydrogen (secondary N) is 1. The fourth-order valence-electron chi connectivity index (χ4n) is 2.64. The second-order valence-corrected chi connectivity index (χ2v) is 4.56. The van der Waals surface area contributed by atoms with E-state index in [1.807, 2.05) is 0 Å². The van der Waals surface area contributed by atoms with Crippen molar-refractivity contribution in [1.82, 2.24) is 5.32 Å². The summed E-state index contributed by atoms with van der Waals surface area (Å²) in [5.74, 6) is 0.694. The standard InChI is InChI=1S/C12H25NO/c1-6-9(4)11-12(7-2,8-3)14-10(5)13-11/h9-11,13H,6-8H2,1-5H3/t9?,10-,11+/m1/s1. The van der Waals surface area contributed by atoms with E-state index in [-0.39, 0.29) is 11.8 Å².